The molecule has 29 heavy (non-hydrogen) atoms. The van der Waals surface area contributed by atoms with E-state index in [0.717, 1.165) is 5.56 Å². The third-order valence-electron chi connectivity index (χ3n) is 5.10. The SMILES string of the molecule is N#Cc1ccc([C@@H]2OC(CO)[C@@H](O)[C@H](O)[C@H]2O)cc1Cc1ccc(C(F)F)cc1. The molecule has 3 rings (SSSR count). The first-order chi connectivity index (χ1) is 13.8. The quantitative estimate of drug-likeness (QED) is 0.601. The topological polar surface area (TPSA) is 114 Å². The van der Waals surface area contributed by atoms with E-state index in [2.05, 4.69) is 6.07 Å². The summed E-state index contributed by atoms with van der Waals surface area (Å²) in [5.41, 5.74) is 2.05. The van der Waals surface area contributed by atoms with Crippen LogP contribution in [-0.4, -0.2) is 51.4 Å². The second-order valence-corrected chi connectivity index (χ2v) is 7.00. The molecule has 6 nitrogen and oxygen atoms in total. The minimum Gasteiger partial charge on any atom is -0.394 e. The smallest absolute Gasteiger partial charge is 0.263 e. The number of alkyl halides is 2. The number of hydrogen-bond acceptors (Lipinski definition) is 6. The number of benzene rings is 2. The normalized spacial score (nSPS) is 27.0. The van der Waals surface area contributed by atoms with Gasteiger partial charge in [0.2, 0.25) is 0 Å². The molecular weight excluding hydrogens is 384 g/mol. The van der Waals surface area contributed by atoms with Gasteiger partial charge < -0.3 is 25.2 Å². The van der Waals surface area contributed by atoms with Gasteiger partial charge in [-0.25, -0.2) is 8.78 Å². The second-order valence-electron chi connectivity index (χ2n) is 7.00. The summed E-state index contributed by atoms with van der Waals surface area (Å²) in [6, 6.07) is 12.6. The van der Waals surface area contributed by atoms with Gasteiger partial charge in [-0.2, -0.15) is 5.26 Å². The van der Waals surface area contributed by atoms with Crippen molar-refractivity contribution in [2.45, 2.75) is 43.4 Å². The Morgan fingerprint density at radius 3 is 2.28 bits per heavy atom. The van der Waals surface area contributed by atoms with E-state index in [-0.39, 0.29) is 12.0 Å². The van der Waals surface area contributed by atoms with Crippen LogP contribution >= 0.6 is 0 Å². The number of nitriles is 1. The highest BCUT2D eigenvalue weighted by Gasteiger charge is 2.44. The summed E-state index contributed by atoms with van der Waals surface area (Å²) in [4.78, 5) is 0. The van der Waals surface area contributed by atoms with Gasteiger partial charge in [0, 0.05) is 5.56 Å². The van der Waals surface area contributed by atoms with Crippen LogP contribution < -0.4 is 0 Å². The zero-order chi connectivity index (χ0) is 21.1. The highest BCUT2D eigenvalue weighted by molar-refractivity contribution is 5.44. The first-order valence-electron chi connectivity index (χ1n) is 9.06. The number of rotatable bonds is 5. The molecule has 0 spiro atoms. The maximum Gasteiger partial charge on any atom is 0.263 e. The van der Waals surface area contributed by atoms with Crippen LogP contribution in [-0.2, 0) is 11.2 Å². The van der Waals surface area contributed by atoms with Crippen molar-refractivity contribution < 1.29 is 33.9 Å². The third kappa shape index (κ3) is 4.45. The van der Waals surface area contributed by atoms with Crippen LogP contribution in [0.4, 0.5) is 8.78 Å². The van der Waals surface area contributed by atoms with Crippen LogP contribution in [0.15, 0.2) is 42.5 Å². The minimum absolute atomic E-state index is 0.0932. The van der Waals surface area contributed by atoms with E-state index in [9.17, 15) is 34.5 Å². The third-order valence-corrected chi connectivity index (χ3v) is 5.10. The Morgan fingerprint density at radius 1 is 1.00 bits per heavy atom. The lowest BCUT2D eigenvalue weighted by molar-refractivity contribution is -0.231. The van der Waals surface area contributed by atoms with Crippen LogP contribution in [0.25, 0.3) is 0 Å². The molecular formula is C21H21F2NO5. The van der Waals surface area contributed by atoms with Crippen molar-refractivity contribution in [1.82, 2.24) is 0 Å². The number of aliphatic hydroxyl groups is 4. The molecule has 1 heterocycles. The average Bonchev–Trinajstić information content (AvgIpc) is 2.72. The molecule has 8 heteroatoms. The summed E-state index contributed by atoms with van der Waals surface area (Å²) < 4.78 is 31.0. The Balaban J connectivity index is 1.89. The predicted octanol–water partition coefficient (Wildman–Crippen LogP) is 1.60. The largest absolute Gasteiger partial charge is 0.394 e. The zero-order valence-electron chi connectivity index (χ0n) is 15.3. The molecule has 0 aromatic heterocycles. The van der Waals surface area contributed by atoms with E-state index in [1.807, 2.05) is 0 Å². The summed E-state index contributed by atoms with van der Waals surface area (Å²) in [6.07, 6.45) is -8.73. The lowest BCUT2D eigenvalue weighted by atomic mass is 9.89. The van der Waals surface area contributed by atoms with E-state index in [0.29, 0.717) is 16.7 Å². The Bertz CT molecular complexity index is 882. The van der Waals surface area contributed by atoms with Crippen molar-refractivity contribution in [1.29, 1.82) is 5.26 Å². The molecule has 1 aliphatic heterocycles. The van der Waals surface area contributed by atoms with Crippen LogP contribution in [0.1, 0.15) is 40.3 Å². The van der Waals surface area contributed by atoms with Gasteiger partial charge in [-0.3, -0.25) is 0 Å². The maximum atomic E-state index is 12.7. The van der Waals surface area contributed by atoms with E-state index in [1.165, 1.54) is 12.1 Å². The van der Waals surface area contributed by atoms with Gasteiger partial charge in [-0.05, 0) is 29.2 Å². The molecule has 4 N–H and O–H groups in total. The molecule has 1 unspecified atom stereocenters. The standard InChI is InChI=1S/C21H21F2NO5/c22-21(23)12-3-1-11(2-4-12)7-15-8-13(5-6-14(15)9-24)20-19(28)18(27)17(26)16(10-25)29-20/h1-6,8,16-21,25-28H,7,10H2/t16?,17-,18+,19-,20+/m1/s1. The monoisotopic (exact) mass is 405 g/mol. The van der Waals surface area contributed by atoms with Gasteiger partial charge in [0.05, 0.1) is 18.2 Å². The number of hydrogen-bond donors (Lipinski definition) is 4. The fraction of sp³-hybridized carbons (Fsp3) is 0.381. The molecule has 1 aliphatic rings. The molecule has 0 amide bonds. The average molecular weight is 405 g/mol. The molecule has 0 bridgehead atoms. The molecule has 0 aliphatic carbocycles. The first kappa shape index (κ1) is 21.3. The van der Waals surface area contributed by atoms with Gasteiger partial charge in [0.15, 0.2) is 0 Å². The molecule has 2 aromatic carbocycles. The van der Waals surface area contributed by atoms with Crippen LogP contribution in [0.5, 0.6) is 0 Å². The Labute approximate surface area is 166 Å². The van der Waals surface area contributed by atoms with Crippen LogP contribution in [0, 0.1) is 11.3 Å². The van der Waals surface area contributed by atoms with Crippen LogP contribution in [0.3, 0.4) is 0 Å². The fourth-order valence-electron chi connectivity index (χ4n) is 3.42. The maximum absolute atomic E-state index is 12.7. The highest BCUT2D eigenvalue weighted by atomic mass is 19.3. The Morgan fingerprint density at radius 2 is 1.69 bits per heavy atom. The zero-order valence-corrected chi connectivity index (χ0v) is 15.3. The number of nitrogens with zero attached hydrogens (tertiary/aromatic N) is 1. The summed E-state index contributed by atoms with van der Waals surface area (Å²) in [5, 5.41) is 49.0. The minimum atomic E-state index is -2.56. The number of halogens is 2. The highest BCUT2D eigenvalue weighted by Crippen LogP contribution is 2.33. The summed E-state index contributed by atoms with van der Waals surface area (Å²) in [6.45, 7) is -0.541. The van der Waals surface area contributed by atoms with Gasteiger partial charge in [0.25, 0.3) is 6.43 Å². The lowest BCUT2D eigenvalue weighted by Crippen LogP contribution is -2.55. The number of ether oxygens (including phenoxy) is 1. The Kier molecular flexibility index (Phi) is 6.57. The lowest BCUT2D eigenvalue weighted by Gasteiger charge is -2.40. The van der Waals surface area contributed by atoms with Gasteiger partial charge in [0.1, 0.15) is 30.5 Å². The van der Waals surface area contributed by atoms with Crippen LogP contribution in [0.2, 0.25) is 0 Å². The van der Waals surface area contributed by atoms with Crippen molar-refractivity contribution in [3.63, 3.8) is 0 Å². The molecule has 2 aromatic rings. The molecule has 1 fully saturated rings. The summed E-state index contributed by atoms with van der Waals surface area (Å²) in [5.74, 6) is 0. The summed E-state index contributed by atoms with van der Waals surface area (Å²) >= 11 is 0. The summed E-state index contributed by atoms with van der Waals surface area (Å²) in [7, 11) is 0. The predicted molar refractivity (Wildman–Crippen MR) is 98.1 cm³/mol. The fourth-order valence-corrected chi connectivity index (χ4v) is 3.42. The molecule has 0 radical (unpaired) electrons. The van der Waals surface area contributed by atoms with Gasteiger partial charge in [-0.1, -0.05) is 36.4 Å². The van der Waals surface area contributed by atoms with Crippen molar-refractivity contribution in [2.24, 2.45) is 0 Å². The molecule has 0 saturated carbocycles. The molecule has 154 valence electrons. The second kappa shape index (κ2) is 8.95. The van der Waals surface area contributed by atoms with Crippen molar-refractivity contribution in [3.05, 3.63) is 70.3 Å². The molecule has 1 saturated heterocycles. The first-order valence-corrected chi connectivity index (χ1v) is 9.06. The van der Waals surface area contributed by atoms with E-state index in [1.54, 1.807) is 30.3 Å². The number of aliphatic hydroxyl groups excluding tert-OH is 4. The van der Waals surface area contributed by atoms with Crippen molar-refractivity contribution in [3.8, 4) is 6.07 Å². The van der Waals surface area contributed by atoms with Gasteiger partial charge >= 0.3 is 0 Å². The van der Waals surface area contributed by atoms with E-state index < -0.39 is 43.6 Å². The Hall–Kier alpha value is -2.41. The van der Waals surface area contributed by atoms with E-state index >= 15 is 0 Å². The van der Waals surface area contributed by atoms with Crippen molar-refractivity contribution >= 4 is 0 Å². The van der Waals surface area contributed by atoms with E-state index in [4.69, 9.17) is 4.74 Å². The van der Waals surface area contributed by atoms with Crippen molar-refractivity contribution in [2.75, 3.05) is 6.61 Å². The van der Waals surface area contributed by atoms with Gasteiger partial charge in [-0.15, -0.1) is 0 Å². The molecule has 5 atom stereocenters.